The van der Waals surface area contributed by atoms with E-state index in [0.29, 0.717) is 11.7 Å². The lowest BCUT2D eigenvalue weighted by Gasteiger charge is -2.30. The van der Waals surface area contributed by atoms with E-state index in [2.05, 4.69) is 83.7 Å². The summed E-state index contributed by atoms with van der Waals surface area (Å²) in [7, 11) is 2.22. The van der Waals surface area contributed by atoms with Gasteiger partial charge in [0.2, 0.25) is 0 Å². The fourth-order valence-corrected chi connectivity index (χ4v) is 6.06. The molecular weight excluding hydrogens is 468 g/mol. The number of fused-ring (bicyclic) bond motifs is 2. The highest BCUT2D eigenvalue weighted by Crippen LogP contribution is 2.39. The zero-order chi connectivity index (χ0) is 26.2. The van der Waals surface area contributed by atoms with Crippen LogP contribution >= 0.6 is 0 Å². The van der Waals surface area contributed by atoms with Crippen LogP contribution in [0.3, 0.4) is 0 Å². The van der Waals surface area contributed by atoms with Gasteiger partial charge in [-0.2, -0.15) is 0 Å². The van der Waals surface area contributed by atoms with E-state index < -0.39 is 0 Å². The van der Waals surface area contributed by atoms with Crippen LogP contribution in [0.4, 0.5) is 5.82 Å². The Bertz CT molecular complexity index is 1580. The average molecular weight is 505 g/mol. The van der Waals surface area contributed by atoms with Crippen LogP contribution in [-0.4, -0.2) is 44.4 Å². The van der Waals surface area contributed by atoms with Crippen LogP contribution in [-0.2, 0) is 0 Å². The Morgan fingerprint density at radius 1 is 0.974 bits per heavy atom. The third-order valence-electron chi connectivity index (χ3n) is 8.29. The highest BCUT2D eigenvalue weighted by molar-refractivity contribution is 5.92. The van der Waals surface area contributed by atoms with Crippen LogP contribution < -0.4 is 5.73 Å². The molecule has 2 N–H and O–H groups in total. The van der Waals surface area contributed by atoms with E-state index >= 15 is 0 Å². The molecule has 0 spiro atoms. The van der Waals surface area contributed by atoms with Crippen LogP contribution in [0, 0.1) is 12.8 Å². The number of pyridine rings is 1. The number of aromatic nitrogens is 4. The molecule has 0 saturated heterocycles. The largest absolute Gasteiger partial charge is 0.382 e. The molecule has 0 radical (unpaired) electrons. The lowest BCUT2D eigenvalue weighted by molar-refractivity contribution is 0.228. The molecule has 5 aromatic rings. The molecule has 6 rings (SSSR count). The first kappa shape index (κ1) is 24.6. The maximum Gasteiger partial charge on any atom is 0.150 e. The molecule has 2 aromatic carbocycles. The zero-order valence-electron chi connectivity index (χ0n) is 22.6. The van der Waals surface area contributed by atoms with Crippen LogP contribution in [0.1, 0.15) is 49.9 Å². The topological polar surface area (TPSA) is 72.3 Å². The number of hydrogen-bond donors (Lipinski definition) is 1. The molecular formula is C32H36N6. The number of nitrogens with zero attached hydrogens (tertiary/aromatic N) is 5. The minimum atomic E-state index is 0.423. The second-order valence-corrected chi connectivity index (χ2v) is 10.8. The van der Waals surface area contributed by atoms with E-state index in [1.54, 1.807) is 6.20 Å². The first-order chi connectivity index (χ1) is 18.5. The van der Waals surface area contributed by atoms with E-state index in [4.69, 9.17) is 15.7 Å². The van der Waals surface area contributed by atoms with Crippen LogP contribution in [0.15, 0.2) is 67.0 Å². The second-order valence-electron chi connectivity index (χ2n) is 10.8. The van der Waals surface area contributed by atoms with Gasteiger partial charge in [0.05, 0.1) is 11.2 Å². The molecule has 6 heteroatoms. The Morgan fingerprint density at radius 3 is 2.53 bits per heavy atom. The van der Waals surface area contributed by atoms with Crippen LogP contribution in [0.5, 0.6) is 0 Å². The smallest absolute Gasteiger partial charge is 0.150 e. The summed E-state index contributed by atoms with van der Waals surface area (Å²) in [5.74, 6) is 2.81. The number of nitrogens with two attached hydrogens (primary N) is 1. The predicted molar refractivity (Wildman–Crippen MR) is 156 cm³/mol. The van der Waals surface area contributed by atoms with Crippen molar-refractivity contribution in [1.29, 1.82) is 0 Å². The fourth-order valence-electron chi connectivity index (χ4n) is 6.06. The number of hydrogen-bond acceptors (Lipinski definition) is 5. The van der Waals surface area contributed by atoms with Gasteiger partial charge in [0.15, 0.2) is 0 Å². The molecule has 0 unspecified atom stereocenters. The molecule has 1 aliphatic carbocycles. The number of anilines is 1. The van der Waals surface area contributed by atoms with Gasteiger partial charge in [-0.3, -0.25) is 4.40 Å². The van der Waals surface area contributed by atoms with Gasteiger partial charge in [-0.15, -0.1) is 0 Å². The second kappa shape index (κ2) is 10.2. The number of imidazole rings is 1. The summed E-state index contributed by atoms with van der Waals surface area (Å²) >= 11 is 0. The first-order valence-electron chi connectivity index (χ1n) is 13.8. The van der Waals surface area contributed by atoms with Crippen molar-refractivity contribution in [3.05, 3.63) is 78.4 Å². The number of aryl methyl sites for hydroxylation is 1. The van der Waals surface area contributed by atoms with Gasteiger partial charge in [-0.05, 0) is 69.8 Å². The Hall–Kier alpha value is -3.77. The fraction of sp³-hybridized carbons (Fsp3) is 0.344. The third kappa shape index (κ3) is 4.54. The summed E-state index contributed by atoms with van der Waals surface area (Å²) in [6.45, 7) is 6.67. The molecule has 0 aliphatic heterocycles. The molecule has 194 valence electrons. The van der Waals surface area contributed by atoms with Crippen molar-refractivity contribution in [2.24, 2.45) is 5.92 Å². The monoisotopic (exact) mass is 504 g/mol. The normalized spacial score (nSPS) is 18.0. The predicted octanol–water partition coefficient (Wildman–Crippen LogP) is 6.73. The van der Waals surface area contributed by atoms with E-state index in [-0.39, 0.29) is 0 Å². The molecule has 0 amide bonds. The summed E-state index contributed by atoms with van der Waals surface area (Å²) in [5, 5.41) is 1.15. The quantitative estimate of drug-likeness (QED) is 0.278. The van der Waals surface area contributed by atoms with E-state index in [1.165, 1.54) is 24.9 Å². The van der Waals surface area contributed by atoms with Crippen molar-refractivity contribution in [3.8, 4) is 22.5 Å². The van der Waals surface area contributed by atoms with E-state index in [1.807, 2.05) is 12.3 Å². The average Bonchev–Trinajstić information content (AvgIpc) is 3.34. The Kier molecular flexibility index (Phi) is 6.58. The summed E-state index contributed by atoms with van der Waals surface area (Å²) in [6, 6.07) is 19.0. The summed E-state index contributed by atoms with van der Waals surface area (Å²) in [5.41, 5.74) is 13.6. The Balaban J connectivity index is 1.40. The summed E-state index contributed by atoms with van der Waals surface area (Å²) in [6.07, 6.45) is 8.59. The molecule has 1 fully saturated rings. The van der Waals surface area contributed by atoms with Crippen molar-refractivity contribution < 1.29 is 0 Å². The molecule has 0 atom stereocenters. The van der Waals surface area contributed by atoms with Crippen LogP contribution in [0.2, 0.25) is 0 Å². The minimum absolute atomic E-state index is 0.423. The lowest BCUT2D eigenvalue weighted by Crippen LogP contribution is -2.28. The van der Waals surface area contributed by atoms with Gasteiger partial charge in [0.25, 0.3) is 0 Å². The highest BCUT2D eigenvalue weighted by atomic mass is 15.1. The van der Waals surface area contributed by atoms with Crippen molar-refractivity contribution in [1.82, 2.24) is 24.3 Å². The molecule has 1 aliphatic rings. The maximum atomic E-state index is 6.47. The van der Waals surface area contributed by atoms with E-state index in [9.17, 15) is 0 Å². The Morgan fingerprint density at radius 2 is 1.76 bits per heavy atom. The lowest BCUT2D eigenvalue weighted by atomic mass is 9.81. The van der Waals surface area contributed by atoms with E-state index in [0.717, 1.165) is 70.1 Å². The number of nitrogen functional groups attached to an aromatic ring is 1. The van der Waals surface area contributed by atoms with Crippen molar-refractivity contribution in [3.63, 3.8) is 0 Å². The molecule has 0 bridgehead atoms. The standard InChI is InChI=1S/C32H36N6/c1-4-37(3)20-22-10-12-24(13-11-22)32-36-29(30-31(33)34-16-17-38(30)32)25-14-15-26-21(2)18-27(35-28(26)19-25)23-8-6-5-7-9-23/h5-9,14-19,22,24H,4,10-13,20H2,1-3H3,(H2,33,34). The summed E-state index contributed by atoms with van der Waals surface area (Å²) in [4.78, 5) is 17.2. The van der Waals surface area contributed by atoms with Gasteiger partial charge >= 0.3 is 0 Å². The molecule has 38 heavy (non-hydrogen) atoms. The molecule has 6 nitrogen and oxygen atoms in total. The van der Waals surface area contributed by atoms with Gasteiger partial charge in [-0.25, -0.2) is 15.0 Å². The van der Waals surface area contributed by atoms with Gasteiger partial charge in [0.1, 0.15) is 22.9 Å². The third-order valence-corrected chi connectivity index (χ3v) is 8.29. The SMILES string of the molecule is CCN(C)CC1CCC(c2nc(-c3ccc4c(C)cc(-c5ccccc5)nc4c3)c3c(N)nccn23)CC1. The number of benzene rings is 2. The zero-order valence-corrected chi connectivity index (χ0v) is 22.6. The molecule has 3 aromatic heterocycles. The van der Waals surface area contributed by atoms with Gasteiger partial charge in [-0.1, -0.05) is 49.4 Å². The van der Waals surface area contributed by atoms with Crippen molar-refractivity contribution in [2.45, 2.75) is 45.4 Å². The van der Waals surface area contributed by atoms with Crippen LogP contribution in [0.25, 0.3) is 38.9 Å². The van der Waals surface area contributed by atoms with Crippen molar-refractivity contribution in [2.75, 3.05) is 25.9 Å². The first-order valence-corrected chi connectivity index (χ1v) is 13.8. The number of rotatable bonds is 6. The maximum absolute atomic E-state index is 6.47. The van der Waals surface area contributed by atoms with Crippen molar-refractivity contribution >= 4 is 22.2 Å². The van der Waals surface area contributed by atoms with Gasteiger partial charge < -0.3 is 10.6 Å². The van der Waals surface area contributed by atoms with Gasteiger partial charge in [0, 0.05) is 41.4 Å². The molecule has 3 heterocycles. The summed E-state index contributed by atoms with van der Waals surface area (Å²) < 4.78 is 2.18. The highest BCUT2D eigenvalue weighted by Gasteiger charge is 2.28. The minimum Gasteiger partial charge on any atom is -0.382 e. The molecule has 1 saturated carbocycles. The Labute approximate surface area is 224 Å².